The molecule has 24 heavy (non-hydrogen) atoms. The Balaban J connectivity index is 0.00000208. The lowest BCUT2D eigenvalue weighted by Gasteiger charge is -2.32. The Labute approximate surface area is 148 Å². The first kappa shape index (κ1) is 18.6. The van der Waals surface area contributed by atoms with Crippen LogP contribution in [0.3, 0.4) is 0 Å². The molecular weight excluding hydrogens is 330 g/mol. The molecule has 132 valence electrons. The van der Waals surface area contributed by atoms with Crippen LogP contribution in [0.25, 0.3) is 0 Å². The molecule has 0 spiro atoms. The van der Waals surface area contributed by atoms with E-state index in [4.69, 9.17) is 0 Å². The molecule has 2 aliphatic rings. The lowest BCUT2D eigenvalue weighted by molar-refractivity contribution is 0.0772. The highest BCUT2D eigenvalue weighted by molar-refractivity contribution is 5.96. The summed E-state index contributed by atoms with van der Waals surface area (Å²) in [4.78, 5) is 32.5. The molecule has 0 aromatic carbocycles. The lowest BCUT2D eigenvalue weighted by atomic mass is 10.2. The van der Waals surface area contributed by atoms with Gasteiger partial charge in [0.15, 0.2) is 0 Å². The van der Waals surface area contributed by atoms with E-state index in [0.29, 0.717) is 17.3 Å². The SMILES string of the molecule is CNC(=O)c1ccc(C(=O)N2CCC(N3CCNCC3)C2)cn1.Cl. The van der Waals surface area contributed by atoms with Crippen LogP contribution >= 0.6 is 12.4 Å². The summed E-state index contributed by atoms with van der Waals surface area (Å²) in [6.07, 6.45) is 2.51. The zero-order valence-electron chi connectivity index (χ0n) is 13.8. The van der Waals surface area contributed by atoms with Crippen molar-refractivity contribution in [3.8, 4) is 0 Å². The highest BCUT2D eigenvalue weighted by Gasteiger charge is 2.31. The number of rotatable bonds is 3. The van der Waals surface area contributed by atoms with E-state index < -0.39 is 0 Å². The number of piperazine rings is 1. The third-order valence-electron chi connectivity index (χ3n) is 4.59. The second-order valence-corrected chi connectivity index (χ2v) is 5.99. The maximum atomic E-state index is 12.6. The van der Waals surface area contributed by atoms with E-state index in [1.807, 2.05) is 4.90 Å². The van der Waals surface area contributed by atoms with Gasteiger partial charge in [0, 0.05) is 58.6 Å². The molecule has 1 aromatic rings. The number of halogens is 1. The van der Waals surface area contributed by atoms with Gasteiger partial charge in [-0.3, -0.25) is 19.5 Å². The monoisotopic (exact) mass is 353 g/mol. The van der Waals surface area contributed by atoms with Crippen molar-refractivity contribution in [1.82, 2.24) is 25.4 Å². The third kappa shape index (κ3) is 4.03. The molecule has 0 aliphatic carbocycles. The molecular formula is C16H24ClN5O2. The Hall–Kier alpha value is -1.70. The van der Waals surface area contributed by atoms with Crippen molar-refractivity contribution in [2.75, 3.05) is 46.3 Å². The van der Waals surface area contributed by atoms with Gasteiger partial charge in [-0.25, -0.2) is 0 Å². The van der Waals surface area contributed by atoms with E-state index in [0.717, 1.165) is 45.7 Å². The van der Waals surface area contributed by atoms with Gasteiger partial charge in [-0.15, -0.1) is 12.4 Å². The molecule has 2 fully saturated rings. The topological polar surface area (TPSA) is 77.6 Å². The fourth-order valence-corrected chi connectivity index (χ4v) is 3.24. The Morgan fingerprint density at radius 1 is 1.25 bits per heavy atom. The van der Waals surface area contributed by atoms with Gasteiger partial charge in [-0.1, -0.05) is 0 Å². The molecule has 2 N–H and O–H groups in total. The minimum Gasteiger partial charge on any atom is -0.354 e. The standard InChI is InChI=1S/C16H23N5O2.ClH/c1-17-15(22)14-3-2-12(10-19-14)16(23)21-7-4-13(11-21)20-8-5-18-6-9-20;/h2-3,10,13,18H,4-9,11H2,1H3,(H,17,22);1H. The van der Waals surface area contributed by atoms with Gasteiger partial charge in [-0.2, -0.15) is 0 Å². The first-order chi connectivity index (χ1) is 11.2. The molecule has 8 heteroatoms. The smallest absolute Gasteiger partial charge is 0.269 e. The van der Waals surface area contributed by atoms with E-state index in [1.54, 1.807) is 19.2 Å². The van der Waals surface area contributed by atoms with Crippen molar-refractivity contribution in [3.05, 3.63) is 29.6 Å². The molecule has 2 amide bonds. The Bertz CT molecular complexity index is 574. The van der Waals surface area contributed by atoms with Gasteiger partial charge in [0.25, 0.3) is 11.8 Å². The first-order valence-corrected chi connectivity index (χ1v) is 8.11. The largest absolute Gasteiger partial charge is 0.354 e. The van der Waals surface area contributed by atoms with Crippen LogP contribution in [-0.2, 0) is 0 Å². The summed E-state index contributed by atoms with van der Waals surface area (Å²) >= 11 is 0. The van der Waals surface area contributed by atoms with Crippen LogP contribution in [-0.4, -0.2) is 79.0 Å². The van der Waals surface area contributed by atoms with Gasteiger partial charge in [0.05, 0.1) is 5.56 Å². The Morgan fingerprint density at radius 3 is 2.62 bits per heavy atom. The number of likely N-dealkylation sites (tertiary alicyclic amines) is 1. The average molecular weight is 354 g/mol. The number of hydrogen-bond donors (Lipinski definition) is 2. The summed E-state index contributed by atoms with van der Waals surface area (Å²) in [5.41, 5.74) is 0.864. The molecule has 7 nitrogen and oxygen atoms in total. The normalized spacial score (nSPS) is 21.2. The number of amides is 2. The zero-order valence-corrected chi connectivity index (χ0v) is 14.6. The minimum absolute atomic E-state index is 0. The van der Waals surface area contributed by atoms with Crippen molar-refractivity contribution in [1.29, 1.82) is 0 Å². The molecule has 2 aliphatic heterocycles. The first-order valence-electron chi connectivity index (χ1n) is 8.11. The second-order valence-electron chi connectivity index (χ2n) is 5.99. The van der Waals surface area contributed by atoms with Crippen LogP contribution in [0.2, 0.25) is 0 Å². The number of carbonyl (C=O) groups excluding carboxylic acids is 2. The van der Waals surface area contributed by atoms with E-state index in [2.05, 4.69) is 20.5 Å². The van der Waals surface area contributed by atoms with Crippen LogP contribution in [0.1, 0.15) is 27.3 Å². The predicted octanol–water partition coefficient (Wildman–Crippen LogP) is -0.0173. The van der Waals surface area contributed by atoms with Crippen LogP contribution in [0, 0.1) is 0 Å². The van der Waals surface area contributed by atoms with Crippen molar-refractivity contribution in [3.63, 3.8) is 0 Å². The molecule has 1 unspecified atom stereocenters. The highest BCUT2D eigenvalue weighted by atomic mass is 35.5. The minimum atomic E-state index is -0.246. The fourth-order valence-electron chi connectivity index (χ4n) is 3.24. The van der Waals surface area contributed by atoms with Crippen molar-refractivity contribution < 1.29 is 9.59 Å². The van der Waals surface area contributed by atoms with E-state index >= 15 is 0 Å². The molecule has 0 saturated carbocycles. The molecule has 0 bridgehead atoms. The summed E-state index contributed by atoms with van der Waals surface area (Å²) in [7, 11) is 1.56. The molecule has 2 saturated heterocycles. The fraction of sp³-hybridized carbons (Fsp3) is 0.562. The predicted molar refractivity (Wildman–Crippen MR) is 93.6 cm³/mol. The van der Waals surface area contributed by atoms with Gasteiger partial charge in [0.2, 0.25) is 0 Å². The van der Waals surface area contributed by atoms with Gasteiger partial charge < -0.3 is 15.5 Å². The summed E-state index contributed by atoms with van der Waals surface area (Å²) in [6, 6.07) is 3.73. The number of pyridine rings is 1. The summed E-state index contributed by atoms with van der Waals surface area (Å²) < 4.78 is 0. The third-order valence-corrected chi connectivity index (χ3v) is 4.59. The van der Waals surface area contributed by atoms with Crippen molar-refractivity contribution in [2.24, 2.45) is 0 Å². The van der Waals surface area contributed by atoms with Crippen LogP contribution in [0.5, 0.6) is 0 Å². The van der Waals surface area contributed by atoms with Crippen molar-refractivity contribution in [2.45, 2.75) is 12.5 Å². The number of nitrogens with zero attached hydrogens (tertiary/aromatic N) is 3. The number of carbonyl (C=O) groups is 2. The molecule has 1 aromatic heterocycles. The maximum absolute atomic E-state index is 12.6. The van der Waals surface area contributed by atoms with Gasteiger partial charge in [-0.05, 0) is 18.6 Å². The van der Waals surface area contributed by atoms with Crippen molar-refractivity contribution >= 4 is 24.2 Å². The molecule has 1 atom stereocenters. The molecule has 3 heterocycles. The number of aromatic nitrogens is 1. The lowest BCUT2D eigenvalue weighted by Crippen LogP contribution is -2.49. The number of hydrogen-bond acceptors (Lipinski definition) is 5. The van der Waals surface area contributed by atoms with E-state index in [-0.39, 0.29) is 24.2 Å². The average Bonchev–Trinajstić information content (AvgIpc) is 3.11. The Morgan fingerprint density at radius 2 is 2.00 bits per heavy atom. The number of nitrogens with one attached hydrogen (secondary N) is 2. The quantitative estimate of drug-likeness (QED) is 0.798. The van der Waals surface area contributed by atoms with E-state index in [1.165, 1.54) is 6.20 Å². The highest BCUT2D eigenvalue weighted by Crippen LogP contribution is 2.18. The van der Waals surface area contributed by atoms with Crippen LogP contribution < -0.4 is 10.6 Å². The van der Waals surface area contributed by atoms with Crippen LogP contribution in [0.15, 0.2) is 18.3 Å². The second kappa shape index (κ2) is 8.41. The van der Waals surface area contributed by atoms with Gasteiger partial charge in [0.1, 0.15) is 5.69 Å². The zero-order chi connectivity index (χ0) is 16.2. The molecule has 0 radical (unpaired) electrons. The maximum Gasteiger partial charge on any atom is 0.269 e. The van der Waals surface area contributed by atoms with Crippen LogP contribution in [0.4, 0.5) is 0 Å². The van der Waals surface area contributed by atoms with E-state index in [9.17, 15) is 9.59 Å². The summed E-state index contributed by atoms with van der Waals surface area (Å²) in [5, 5.41) is 5.87. The summed E-state index contributed by atoms with van der Waals surface area (Å²) in [5.74, 6) is -0.248. The molecule has 3 rings (SSSR count). The van der Waals surface area contributed by atoms with Gasteiger partial charge >= 0.3 is 0 Å². The Kier molecular flexibility index (Phi) is 6.53. The summed E-state index contributed by atoms with van der Waals surface area (Å²) in [6.45, 7) is 5.70.